The normalized spacial score (nSPS) is 14.1. The van der Waals surface area contributed by atoms with Crippen molar-refractivity contribution in [2.75, 3.05) is 72.3 Å². The number of hydrogen-bond donors (Lipinski definition) is 0. The van der Waals surface area contributed by atoms with Crippen LogP contribution >= 0.6 is 0 Å². The predicted octanol–water partition coefficient (Wildman–Crippen LogP) is 6.17. The van der Waals surface area contributed by atoms with Gasteiger partial charge in [-0.2, -0.15) is 0 Å². The molecule has 6 aromatic rings. The van der Waals surface area contributed by atoms with Gasteiger partial charge in [-0.05, 0) is 48.2 Å². The van der Waals surface area contributed by atoms with Gasteiger partial charge in [0.15, 0.2) is 23.0 Å². The van der Waals surface area contributed by atoms with E-state index in [2.05, 4.69) is 41.9 Å². The molecular formula is C41H42N6O8. The van der Waals surface area contributed by atoms with Gasteiger partial charge in [0, 0.05) is 37.3 Å². The molecule has 55 heavy (non-hydrogen) atoms. The van der Waals surface area contributed by atoms with Gasteiger partial charge in [0.05, 0.1) is 53.4 Å². The van der Waals surface area contributed by atoms with Crippen molar-refractivity contribution < 1.29 is 37.9 Å². The molecule has 14 nitrogen and oxygen atoms in total. The summed E-state index contributed by atoms with van der Waals surface area (Å²) >= 11 is 0. The minimum absolute atomic E-state index is 0.165. The molecule has 5 heterocycles. The third kappa shape index (κ3) is 6.26. The van der Waals surface area contributed by atoms with Gasteiger partial charge in [-0.15, -0.1) is 0 Å². The zero-order valence-corrected chi connectivity index (χ0v) is 31.7. The second kappa shape index (κ2) is 15.1. The Hall–Kier alpha value is -6.44. The summed E-state index contributed by atoms with van der Waals surface area (Å²) in [5.74, 6) is 6.97. The maximum Gasteiger partial charge on any atom is 0.231 e. The molecule has 0 fully saturated rings. The number of ether oxygens (including phenoxy) is 8. The number of nitrogens with zero attached hydrogens (tertiary/aromatic N) is 6. The molecule has 9 rings (SSSR count). The number of anilines is 2. The van der Waals surface area contributed by atoms with E-state index in [-0.39, 0.29) is 6.79 Å². The largest absolute Gasteiger partial charge is 0.496 e. The summed E-state index contributed by atoms with van der Waals surface area (Å²) in [6.45, 7) is 3.31. The minimum Gasteiger partial charge on any atom is -0.496 e. The Bertz CT molecular complexity index is 2360. The maximum absolute atomic E-state index is 5.66. The topological polar surface area (TPSA) is 132 Å². The molecule has 0 spiro atoms. The Morgan fingerprint density at radius 2 is 1.04 bits per heavy atom. The number of rotatable bonds is 8. The van der Waals surface area contributed by atoms with Crippen molar-refractivity contribution in [2.24, 2.45) is 0 Å². The fourth-order valence-electron chi connectivity index (χ4n) is 7.68. The van der Waals surface area contributed by atoms with Crippen molar-refractivity contribution in [3.63, 3.8) is 0 Å². The van der Waals surface area contributed by atoms with E-state index < -0.39 is 0 Å². The van der Waals surface area contributed by atoms with E-state index >= 15 is 0 Å². The van der Waals surface area contributed by atoms with Crippen LogP contribution in [0.2, 0.25) is 0 Å². The first-order valence-electron chi connectivity index (χ1n) is 17.9. The molecule has 0 amide bonds. The number of aromatic nitrogens is 4. The summed E-state index contributed by atoms with van der Waals surface area (Å²) in [6, 6.07) is 16.2. The Morgan fingerprint density at radius 3 is 1.58 bits per heavy atom. The van der Waals surface area contributed by atoms with Crippen molar-refractivity contribution >= 4 is 33.4 Å². The Morgan fingerprint density at radius 1 is 0.527 bits per heavy atom. The van der Waals surface area contributed by atoms with Crippen LogP contribution in [0.4, 0.5) is 11.6 Å². The van der Waals surface area contributed by atoms with Crippen LogP contribution in [0.5, 0.6) is 46.0 Å². The number of hydrogen-bond acceptors (Lipinski definition) is 14. The molecule has 0 atom stereocenters. The molecule has 3 aliphatic heterocycles. The molecule has 0 unspecified atom stereocenters. The standard InChI is InChI=1S/C21H23N3O4.C20H19N3O4/c1-25-16-7-5-6-13-8-9-24(11-15(13)16)21-14-10-17(26-2)19(27-3)20(28-4)18(14)22-12-23-21;1-24-15-5-3-4-12-6-7-23(9-14(12)15)20-13-8-16(25-2)18-19(27-11-26-18)17(13)21-10-22-20/h5-7,10,12H,8-9,11H2,1-4H3;3-5,8,10H,6-7,9,11H2,1-2H3. The van der Waals surface area contributed by atoms with Gasteiger partial charge >= 0.3 is 0 Å². The Labute approximate surface area is 318 Å². The van der Waals surface area contributed by atoms with Gasteiger partial charge in [-0.1, -0.05) is 24.3 Å². The summed E-state index contributed by atoms with van der Waals surface area (Å²) in [5.41, 5.74) is 6.45. The van der Waals surface area contributed by atoms with Gasteiger partial charge < -0.3 is 47.7 Å². The highest BCUT2D eigenvalue weighted by molar-refractivity contribution is 5.98. The molecule has 0 saturated heterocycles. The van der Waals surface area contributed by atoms with Crippen LogP contribution in [-0.2, 0) is 25.9 Å². The van der Waals surface area contributed by atoms with E-state index in [1.807, 2.05) is 36.4 Å². The van der Waals surface area contributed by atoms with Gasteiger partial charge in [-0.3, -0.25) is 0 Å². The lowest BCUT2D eigenvalue weighted by Gasteiger charge is -2.31. The molecule has 0 bridgehead atoms. The molecule has 0 saturated carbocycles. The van der Waals surface area contributed by atoms with Crippen molar-refractivity contribution in [3.8, 4) is 46.0 Å². The monoisotopic (exact) mass is 746 g/mol. The van der Waals surface area contributed by atoms with Crippen molar-refractivity contribution in [3.05, 3.63) is 83.4 Å². The Balaban J connectivity index is 0.000000155. The molecule has 3 aliphatic rings. The highest BCUT2D eigenvalue weighted by Gasteiger charge is 2.29. The summed E-state index contributed by atoms with van der Waals surface area (Å²) in [5, 5.41) is 1.74. The summed E-state index contributed by atoms with van der Waals surface area (Å²) in [4.78, 5) is 22.5. The second-order valence-corrected chi connectivity index (χ2v) is 13.0. The van der Waals surface area contributed by atoms with E-state index in [9.17, 15) is 0 Å². The first kappa shape index (κ1) is 35.6. The molecule has 4 aromatic carbocycles. The molecular weight excluding hydrogens is 704 g/mol. The van der Waals surface area contributed by atoms with Crippen LogP contribution in [0.25, 0.3) is 21.8 Å². The van der Waals surface area contributed by atoms with Crippen LogP contribution < -0.4 is 47.7 Å². The van der Waals surface area contributed by atoms with Gasteiger partial charge in [-0.25, -0.2) is 19.9 Å². The van der Waals surface area contributed by atoms with Crippen LogP contribution in [0.1, 0.15) is 22.3 Å². The van der Waals surface area contributed by atoms with Crippen molar-refractivity contribution in [1.29, 1.82) is 0 Å². The summed E-state index contributed by atoms with van der Waals surface area (Å²) in [6.07, 6.45) is 4.98. The van der Waals surface area contributed by atoms with Crippen molar-refractivity contribution in [2.45, 2.75) is 25.9 Å². The van der Waals surface area contributed by atoms with E-state index in [1.54, 1.807) is 55.3 Å². The molecule has 14 heteroatoms. The quantitative estimate of drug-likeness (QED) is 0.176. The molecule has 284 valence electrons. The van der Waals surface area contributed by atoms with Crippen LogP contribution in [0.3, 0.4) is 0 Å². The average Bonchev–Trinajstić information content (AvgIpc) is 3.75. The first-order chi connectivity index (χ1) is 27.0. The van der Waals surface area contributed by atoms with Crippen molar-refractivity contribution in [1.82, 2.24) is 19.9 Å². The van der Waals surface area contributed by atoms with Crippen LogP contribution in [0.15, 0.2) is 61.2 Å². The lowest BCUT2D eigenvalue weighted by Crippen LogP contribution is -2.31. The van der Waals surface area contributed by atoms with Gasteiger partial charge in [0.1, 0.15) is 46.8 Å². The minimum atomic E-state index is 0.165. The van der Waals surface area contributed by atoms with Crippen LogP contribution in [-0.4, -0.2) is 82.5 Å². The first-order valence-corrected chi connectivity index (χ1v) is 17.9. The van der Waals surface area contributed by atoms with E-state index in [0.717, 1.165) is 71.9 Å². The highest BCUT2D eigenvalue weighted by Crippen LogP contribution is 2.48. The summed E-state index contributed by atoms with van der Waals surface area (Å²) in [7, 11) is 9.82. The average molecular weight is 747 g/mol. The number of benzene rings is 4. The second-order valence-electron chi connectivity index (χ2n) is 13.0. The lowest BCUT2D eigenvalue weighted by molar-refractivity contribution is 0.172. The maximum atomic E-state index is 5.66. The third-order valence-corrected chi connectivity index (χ3v) is 10.3. The van der Waals surface area contributed by atoms with E-state index in [4.69, 9.17) is 37.9 Å². The SMILES string of the molecule is COc1cccc2c1CN(c1ncnc3c(OC)c(OC)c(OC)cc13)CC2.COc1cccc2c1CN(c1ncnc3c4c(c(OC)cc13)OCO4)CC2. The predicted molar refractivity (Wildman–Crippen MR) is 207 cm³/mol. The van der Waals surface area contributed by atoms with E-state index in [0.29, 0.717) is 46.6 Å². The highest BCUT2D eigenvalue weighted by atomic mass is 16.7. The fraction of sp³-hybridized carbons (Fsp3) is 0.317. The smallest absolute Gasteiger partial charge is 0.231 e. The lowest BCUT2D eigenvalue weighted by atomic mass is 9.98. The molecule has 0 N–H and O–H groups in total. The molecule has 0 aliphatic carbocycles. The Kier molecular flexibility index (Phi) is 9.79. The van der Waals surface area contributed by atoms with E-state index in [1.165, 1.54) is 22.3 Å². The third-order valence-electron chi connectivity index (χ3n) is 10.3. The zero-order valence-electron chi connectivity index (χ0n) is 31.7. The molecule has 2 aromatic heterocycles. The van der Waals surface area contributed by atoms with Crippen LogP contribution in [0, 0.1) is 0 Å². The summed E-state index contributed by atoms with van der Waals surface area (Å²) < 4.78 is 44.5. The number of methoxy groups -OCH3 is 6. The zero-order chi connectivity index (χ0) is 38.1. The van der Waals surface area contributed by atoms with Gasteiger partial charge in [0.25, 0.3) is 0 Å². The van der Waals surface area contributed by atoms with Gasteiger partial charge in [0.2, 0.25) is 18.3 Å². The molecule has 0 radical (unpaired) electrons. The fourth-order valence-corrected chi connectivity index (χ4v) is 7.68. The number of fused-ring (bicyclic) bond motifs is 6.